The van der Waals surface area contributed by atoms with Crippen molar-refractivity contribution in [1.82, 2.24) is 9.99 Å². The molecular weight excluding hydrogens is 461 g/mol. The molecule has 0 unspecified atom stereocenters. The van der Waals surface area contributed by atoms with E-state index >= 15 is 0 Å². The number of hydrazone groups is 1. The Kier molecular flexibility index (Phi) is 6.62. The van der Waals surface area contributed by atoms with Gasteiger partial charge in [-0.2, -0.15) is 23.5 Å². The fraction of sp³-hybridized carbons (Fsp3) is 0.320. The lowest BCUT2D eigenvalue weighted by Gasteiger charge is -2.10. The molecular formula is C25H23F3N4OS. The van der Waals surface area contributed by atoms with E-state index in [-0.39, 0.29) is 12.0 Å². The summed E-state index contributed by atoms with van der Waals surface area (Å²) in [6, 6.07) is 9.00. The third-order valence-electron chi connectivity index (χ3n) is 5.95. The number of thiophene rings is 1. The zero-order valence-electron chi connectivity index (χ0n) is 18.8. The molecule has 1 aliphatic rings. The minimum Gasteiger partial charge on any atom is -0.308 e. The molecule has 0 bridgehead atoms. The zero-order valence-corrected chi connectivity index (χ0v) is 19.6. The Labute approximate surface area is 199 Å². The maximum absolute atomic E-state index is 12.9. The summed E-state index contributed by atoms with van der Waals surface area (Å²) in [5, 5.41) is 14.7. The van der Waals surface area contributed by atoms with E-state index in [4.69, 9.17) is 0 Å². The number of nitriles is 1. The number of carbonyl (C=O) groups excluding carboxylic acids is 1. The summed E-state index contributed by atoms with van der Waals surface area (Å²) in [5.74, 6) is -0.512. The fourth-order valence-electron chi connectivity index (χ4n) is 4.31. The third kappa shape index (κ3) is 4.77. The van der Waals surface area contributed by atoms with E-state index in [0.29, 0.717) is 0 Å². The van der Waals surface area contributed by atoms with Gasteiger partial charge < -0.3 is 4.57 Å². The summed E-state index contributed by atoms with van der Waals surface area (Å²) in [4.78, 5) is 13.5. The van der Waals surface area contributed by atoms with Crippen molar-refractivity contribution >= 4 is 23.5 Å². The first-order valence-electron chi connectivity index (χ1n) is 10.9. The molecule has 0 aliphatic heterocycles. The lowest BCUT2D eigenvalue weighted by molar-refractivity contribution is -0.137. The van der Waals surface area contributed by atoms with Crippen LogP contribution in [0.2, 0.25) is 0 Å². The van der Waals surface area contributed by atoms with Gasteiger partial charge in [0.1, 0.15) is 11.1 Å². The topological polar surface area (TPSA) is 70.2 Å². The Morgan fingerprint density at radius 1 is 1.26 bits per heavy atom. The number of amides is 1. The van der Waals surface area contributed by atoms with Gasteiger partial charge in [-0.3, -0.25) is 4.79 Å². The molecule has 1 N–H and O–H groups in total. The average Bonchev–Trinajstić information content (AvgIpc) is 3.29. The highest BCUT2D eigenvalue weighted by Crippen LogP contribution is 2.38. The van der Waals surface area contributed by atoms with E-state index in [1.54, 1.807) is 11.3 Å². The van der Waals surface area contributed by atoms with Crippen molar-refractivity contribution in [3.05, 3.63) is 74.4 Å². The number of fused-ring (bicyclic) bond motifs is 1. The number of rotatable bonds is 5. The first kappa shape index (κ1) is 23.8. The monoisotopic (exact) mass is 484 g/mol. The molecule has 0 radical (unpaired) electrons. The maximum Gasteiger partial charge on any atom is 0.416 e. The van der Waals surface area contributed by atoms with Gasteiger partial charge in [0.15, 0.2) is 0 Å². The van der Waals surface area contributed by atoms with Crippen LogP contribution in [0.1, 0.15) is 56.9 Å². The summed E-state index contributed by atoms with van der Waals surface area (Å²) in [6.45, 7) is 3.88. The quantitative estimate of drug-likeness (QED) is 0.377. The van der Waals surface area contributed by atoms with Crippen LogP contribution in [0, 0.1) is 25.2 Å². The van der Waals surface area contributed by atoms with E-state index in [1.807, 2.05) is 24.5 Å². The van der Waals surface area contributed by atoms with Crippen LogP contribution in [0.3, 0.4) is 0 Å². The molecule has 0 spiro atoms. The molecule has 2 heterocycles. The molecule has 1 amide bonds. The van der Waals surface area contributed by atoms with Gasteiger partial charge in [-0.05, 0) is 62.8 Å². The largest absolute Gasteiger partial charge is 0.416 e. The predicted octanol–water partition coefficient (Wildman–Crippen LogP) is 5.62. The van der Waals surface area contributed by atoms with Gasteiger partial charge in [0.05, 0.1) is 23.8 Å². The van der Waals surface area contributed by atoms with Gasteiger partial charge in [0, 0.05) is 21.8 Å². The number of halogens is 3. The van der Waals surface area contributed by atoms with Crippen molar-refractivity contribution in [2.45, 2.75) is 52.1 Å². The lowest BCUT2D eigenvalue weighted by atomic mass is 9.96. The van der Waals surface area contributed by atoms with Gasteiger partial charge in [-0.15, -0.1) is 11.3 Å². The van der Waals surface area contributed by atoms with Crippen molar-refractivity contribution in [2.75, 3.05) is 0 Å². The van der Waals surface area contributed by atoms with E-state index in [1.165, 1.54) is 28.8 Å². The number of aryl methyl sites for hydroxylation is 2. The second-order valence-corrected chi connectivity index (χ2v) is 9.42. The molecule has 5 nitrogen and oxygen atoms in total. The Hall–Kier alpha value is -3.38. The summed E-state index contributed by atoms with van der Waals surface area (Å²) in [6.07, 6.45) is 1.01. The third-order valence-corrected chi connectivity index (χ3v) is 7.23. The molecule has 1 aromatic carbocycles. The molecule has 0 atom stereocenters. The molecule has 0 saturated heterocycles. The molecule has 0 fully saturated rings. The van der Waals surface area contributed by atoms with Gasteiger partial charge in [0.2, 0.25) is 5.91 Å². The number of hydrogen-bond acceptors (Lipinski definition) is 4. The van der Waals surface area contributed by atoms with Crippen LogP contribution in [0.15, 0.2) is 35.4 Å². The van der Waals surface area contributed by atoms with E-state index in [2.05, 4.69) is 16.6 Å². The summed E-state index contributed by atoms with van der Waals surface area (Å²) < 4.78 is 40.6. The van der Waals surface area contributed by atoms with Crippen LogP contribution in [0.25, 0.3) is 5.00 Å². The summed E-state index contributed by atoms with van der Waals surface area (Å²) in [7, 11) is 0. The van der Waals surface area contributed by atoms with Crippen molar-refractivity contribution in [3.63, 3.8) is 0 Å². The van der Waals surface area contributed by atoms with Crippen LogP contribution in [0.5, 0.6) is 0 Å². The van der Waals surface area contributed by atoms with Crippen LogP contribution in [0.4, 0.5) is 13.2 Å². The van der Waals surface area contributed by atoms with Gasteiger partial charge in [0.25, 0.3) is 0 Å². The second kappa shape index (κ2) is 9.47. The van der Waals surface area contributed by atoms with Gasteiger partial charge in [-0.1, -0.05) is 18.2 Å². The number of nitrogens with one attached hydrogen (secondary N) is 1. The number of hydrogen-bond donors (Lipinski definition) is 1. The highest BCUT2D eigenvalue weighted by atomic mass is 32.1. The summed E-state index contributed by atoms with van der Waals surface area (Å²) in [5.41, 5.74) is 6.38. The molecule has 3 aromatic rings. The molecule has 34 heavy (non-hydrogen) atoms. The minimum atomic E-state index is -4.46. The molecule has 1 aliphatic carbocycles. The van der Waals surface area contributed by atoms with Gasteiger partial charge in [-0.25, -0.2) is 5.43 Å². The standard InChI is InChI=1S/C25H23F3N4OS/c1-15-10-18(14-30-31-23(33)12-17-6-5-7-19(11-17)25(26,27)28)16(2)32(15)24-21(13-29)20-8-3-4-9-22(20)34-24/h5-7,10-11,14H,3-4,8-9,12H2,1-2H3,(H,31,33)/b30-14-. The molecule has 0 saturated carbocycles. The number of alkyl halides is 3. The first-order chi connectivity index (χ1) is 16.2. The zero-order chi connectivity index (χ0) is 24.5. The SMILES string of the molecule is Cc1cc(/C=N\NC(=O)Cc2cccc(C(F)(F)F)c2)c(C)n1-c1sc2c(c1C#N)CCCC2. The van der Waals surface area contributed by atoms with Crippen molar-refractivity contribution in [2.24, 2.45) is 5.10 Å². The van der Waals surface area contributed by atoms with Crippen LogP contribution in [-0.4, -0.2) is 16.7 Å². The van der Waals surface area contributed by atoms with Crippen molar-refractivity contribution in [1.29, 1.82) is 5.26 Å². The highest BCUT2D eigenvalue weighted by Gasteiger charge is 2.30. The van der Waals surface area contributed by atoms with Crippen LogP contribution < -0.4 is 5.43 Å². The molecule has 9 heteroatoms. The Bertz CT molecular complexity index is 1310. The molecule has 176 valence electrons. The van der Waals surface area contributed by atoms with Crippen LogP contribution >= 0.6 is 11.3 Å². The van der Waals surface area contributed by atoms with Crippen LogP contribution in [-0.2, 0) is 30.2 Å². The average molecular weight is 485 g/mol. The minimum absolute atomic E-state index is 0.216. The Balaban J connectivity index is 1.50. The molecule has 4 rings (SSSR count). The Morgan fingerprint density at radius 2 is 2.03 bits per heavy atom. The van der Waals surface area contributed by atoms with E-state index in [0.717, 1.165) is 65.3 Å². The highest BCUT2D eigenvalue weighted by molar-refractivity contribution is 7.15. The van der Waals surface area contributed by atoms with Crippen molar-refractivity contribution < 1.29 is 18.0 Å². The number of carbonyl (C=O) groups is 1. The summed E-state index contributed by atoms with van der Waals surface area (Å²) >= 11 is 1.66. The van der Waals surface area contributed by atoms with E-state index in [9.17, 15) is 23.2 Å². The molecule has 2 aromatic heterocycles. The number of nitrogens with zero attached hydrogens (tertiary/aromatic N) is 3. The predicted molar refractivity (Wildman–Crippen MR) is 125 cm³/mol. The fourth-order valence-corrected chi connectivity index (χ4v) is 5.76. The number of benzene rings is 1. The first-order valence-corrected chi connectivity index (χ1v) is 11.7. The van der Waals surface area contributed by atoms with E-state index < -0.39 is 17.6 Å². The van der Waals surface area contributed by atoms with Crippen molar-refractivity contribution in [3.8, 4) is 11.1 Å². The maximum atomic E-state index is 12.9. The number of aromatic nitrogens is 1. The Morgan fingerprint density at radius 3 is 2.76 bits per heavy atom. The lowest BCUT2D eigenvalue weighted by Crippen LogP contribution is -2.20. The smallest absolute Gasteiger partial charge is 0.308 e. The van der Waals surface area contributed by atoms with Gasteiger partial charge >= 0.3 is 6.18 Å². The normalized spacial score (nSPS) is 13.6. The second-order valence-electron chi connectivity index (χ2n) is 8.33.